The molecule has 0 aromatic heterocycles. The first-order valence-electron chi connectivity index (χ1n) is 9.88. The van der Waals surface area contributed by atoms with Crippen molar-refractivity contribution >= 4 is 40.5 Å². The fraction of sp³-hybridized carbons (Fsp3) is 0.208. The molecule has 0 unspecified atom stereocenters. The van der Waals surface area contributed by atoms with Crippen molar-refractivity contribution in [2.24, 2.45) is 0 Å². The van der Waals surface area contributed by atoms with Crippen molar-refractivity contribution in [1.82, 2.24) is 0 Å². The predicted octanol–water partition coefficient (Wildman–Crippen LogP) is 6.33. The van der Waals surface area contributed by atoms with Crippen molar-refractivity contribution < 1.29 is 14.3 Å². The van der Waals surface area contributed by atoms with E-state index in [1.165, 1.54) is 0 Å². The minimum absolute atomic E-state index is 0.158. The summed E-state index contributed by atoms with van der Waals surface area (Å²) in [6.45, 7) is 4.94. The predicted molar refractivity (Wildman–Crippen MR) is 127 cm³/mol. The van der Waals surface area contributed by atoms with Crippen LogP contribution in [-0.2, 0) is 11.3 Å². The van der Waals surface area contributed by atoms with Crippen LogP contribution in [0.25, 0.3) is 0 Å². The van der Waals surface area contributed by atoms with Gasteiger partial charge in [-0.2, -0.15) is 0 Å². The van der Waals surface area contributed by atoms with E-state index in [2.05, 4.69) is 10.6 Å². The number of carbonyl (C=O) groups is 1. The molecule has 7 heteroatoms. The normalized spacial score (nSPS) is 10.5. The minimum Gasteiger partial charge on any atom is -0.494 e. The number of nitrogens with one attached hydrogen (secondary N) is 2. The highest BCUT2D eigenvalue weighted by Gasteiger charge is 2.08. The Hall–Kier alpha value is -2.89. The number of amides is 1. The summed E-state index contributed by atoms with van der Waals surface area (Å²) in [4.78, 5) is 12.1. The van der Waals surface area contributed by atoms with Crippen LogP contribution in [0, 0.1) is 6.92 Å². The average molecular weight is 459 g/mol. The van der Waals surface area contributed by atoms with Gasteiger partial charge in [-0.05, 0) is 73.5 Å². The summed E-state index contributed by atoms with van der Waals surface area (Å²) in [6, 6.07) is 18.6. The van der Waals surface area contributed by atoms with Gasteiger partial charge in [0.2, 0.25) is 0 Å². The zero-order valence-electron chi connectivity index (χ0n) is 17.4. The van der Waals surface area contributed by atoms with Crippen LogP contribution < -0.4 is 20.1 Å². The molecule has 0 aliphatic carbocycles. The van der Waals surface area contributed by atoms with Crippen LogP contribution in [0.1, 0.15) is 18.1 Å². The quantitative estimate of drug-likeness (QED) is 0.393. The van der Waals surface area contributed by atoms with Gasteiger partial charge >= 0.3 is 0 Å². The van der Waals surface area contributed by atoms with Gasteiger partial charge in [0.1, 0.15) is 11.5 Å². The van der Waals surface area contributed by atoms with Crippen LogP contribution in [0.2, 0.25) is 10.0 Å². The summed E-state index contributed by atoms with van der Waals surface area (Å²) >= 11 is 12.4. The molecule has 162 valence electrons. The number of benzene rings is 3. The number of aryl methyl sites for hydroxylation is 1. The highest BCUT2D eigenvalue weighted by Crippen LogP contribution is 2.26. The molecule has 0 heterocycles. The van der Waals surface area contributed by atoms with E-state index in [4.69, 9.17) is 32.7 Å². The average Bonchev–Trinajstić information content (AvgIpc) is 2.75. The fourth-order valence-corrected chi connectivity index (χ4v) is 3.26. The van der Waals surface area contributed by atoms with Gasteiger partial charge in [0.15, 0.2) is 6.61 Å². The molecule has 0 aliphatic rings. The van der Waals surface area contributed by atoms with Crippen LogP contribution in [0.5, 0.6) is 11.5 Å². The molecule has 3 aromatic rings. The summed E-state index contributed by atoms with van der Waals surface area (Å²) in [5.74, 6) is 0.993. The Labute approximate surface area is 192 Å². The van der Waals surface area contributed by atoms with Crippen LogP contribution in [0.4, 0.5) is 11.4 Å². The Morgan fingerprint density at radius 1 is 0.903 bits per heavy atom. The highest BCUT2D eigenvalue weighted by atomic mass is 35.5. The lowest BCUT2D eigenvalue weighted by Crippen LogP contribution is -2.20. The lowest BCUT2D eigenvalue weighted by Gasteiger charge is -2.12. The Morgan fingerprint density at radius 2 is 1.65 bits per heavy atom. The third-order valence-electron chi connectivity index (χ3n) is 4.47. The van der Waals surface area contributed by atoms with Gasteiger partial charge in [-0.25, -0.2) is 0 Å². The first kappa shape index (κ1) is 22.8. The Morgan fingerprint density at radius 3 is 2.32 bits per heavy atom. The van der Waals surface area contributed by atoms with E-state index in [0.29, 0.717) is 34.6 Å². The second-order valence-electron chi connectivity index (χ2n) is 6.88. The molecule has 0 radical (unpaired) electrons. The van der Waals surface area contributed by atoms with Crippen LogP contribution in [0.3, 0.4) is 0 Å². The monoisotopic (exact) mass is 458 g/mol. The van der Waals surface area contributed by atoms with E-state index in [9.17, 15) is 4.79 Å². The summed E-state index contributed by atoms with van der Waals surface area (Å²) in [6.07, 6.45) is 0. The molecule has 3 aromatic carbocycles. The van der Waals surface area contributed by atoms with Gasteiger partial charge in [0.05, 0.1) is 11.6 Å². The van der Waals surface area contributed by atoms with Gasteiger partial charge in [0, 0.05) is 22.9 Å². The fourth-order valence-electron chi connectivity index (χ4n) is 2.82. The largest absolute Gasteiger partial charge is 0.494 e. The molecule has 3 rings (SSSR count). The van der Waals surface area contributed by atoms with E-state index >= 15 is 0 Å². The van der Waals surface area contributed by atoms with Gasteiger partial charge in [-0.3, -0.25) is 4.79 Å². The lowest BCUT2D eigenvalue weighted by molar-refractivity contribution is -0.118. The Bertz CT molecular complexity index is 1040. The van der Waals surface area contributed by atoms with E-state index in [0.717, 1.165) is 22.6 Å². The van der Waals surface area contributed by atoms with E-state index < -0.39 is 0 Å². The van der Waals surface area contributed by atoms with Crippen molar-refractivity contribution in [3.63, 3.8) is 0 Å². The minimum atomic E-state index is -0.294. The van der Waals surface area contributed by atoms with Gasteiger partial charge in [-0.1, -0.05) is 35.3 Å². The first-order chi connectivity index (χ1) is 14.9. The van der Waals surface area contributed by atoms with Crippen molar-refractivity contribution in [2.45, 2.75) is 20.4 Å². The summed E-state index contributed by atoms with van der Waals surface area (Å²) < 4.78 is 11.0. The van der Waals surface area contributed by atoms with Crippen LogP contribution >= 0.6 is 23.2 Å². The molecular formula is C24H24Cl2N2O3. The molecule has 0 spiro atoms. The zero-order chi connectivity index (χ0) is 22.2. The topological polar surface area (TPSA) is 59.6 Å². The number of hydrogen-bond donors (Lipinski definition) is 2. The number of halogens is 2. The number of ether oxygens (including phenoxy) is 2. The third kappa shape index (κ3) is 6.81. The maximum absolute atomic E-state index is 12.1. The molecule has 0 atom stereocenters. The van der Waals surface area contributed by atoms with Crippen molar-refractivity contribution in [2.75, 3.05) is 23.8 Å². The molecule has 2 N–H and O–H groups in total. The van der Waals surface area contributed by atoms with Crippen LogP contribution in [0.15, 0.2) is 60.7 Å². The van der Waals surface area contributed by atoms with Gasteiger partial charge in [-0.15, -0.1) is 0 Å². The van der Waals surface area contributed by atoms with E-state index in [-0.39, 0.29) is 12.5 Å². The lowest BCUT2D eigenvalue weighted by atomic mass is 10.2. The number of rotatable bonds is 9. The molecular weight excluding hydrogens is 435 g/mol. The summed E-state index contributed by atoms with van der Waals surface area (Å²) in [5, 5.41) is 7.12. The molecule has 31 heavy (non-hydrogen) atoms. The second kappa shape index (κ2) is 10.9. The number of carbonyl (C=O) groups excluding carboxylic acids is 1. The highest BCUT2D eigenvalue weighted by molar-refractivity contribution is 6.32. The van der Waals surface area contributed by atoms with E-state index in [1.54, 1.807) is 18.2 Å². The smallest absolute Gasteiger partial charge is 0.262 e. The Balaban J connectivity index is 1.50. The molecule has 0 saturated heterocycles. The molecule has 0 saturated carbocycles. The first-order valence-corrected chi connectivity index (χ1v) is 10.6. The molecule has 1 amide bonds. The molecule has 5 nitrogen and oxygen atoms in total. The molecule has 0 fully saturated rings. The standard InChI is InChI=1S/C24H24Cl2N2O3/c1-3-30-20-9-7-18(8-10-20)27-14-17-5-11-23(22(26)12-17)31-15-24(29)28-19-6-4-16(2)21(25)13-19/h4-13,27H,3,14-15H2,1-2H3,(H,28,29). The molecule has 0 aliphatic heterocycles. The van der Waals surface area contributed by atoms with Gasteiger partial charge in [0.25, 0.3) is 5.91 Å². The van der Waals surface area contributed by atoms with Crippen molar-refractivity contribution in [1.29, 1.82) is 0 Å². The van der Waals surface area contributed by atoms with Gasteiger partial charge < -0.3 is 20.1 Å². The zero-order valence-corrected chi connectivity index (χ0v) is 18.9. The maximum Gasteiger partial charge on any atom is 0.262 e. The summed E-state index contributed by atoms with van der Waals surface area (Å²) in [5.41, 5.74) is 3.53. The second-order valence-corrected chi connectivity index (χ2v) is 7.69. The summed E-state index contributed by atoms with van der Waals surface area (Å²) in [7, 11) is 0. The molecule has 0 bridgehead atoms. The van der Waals surface area contributed by atoms with E-state index in [1.807, 2.05) is 56.3 Å². The number of hydrogen-bond acceptors (Lipinski definition) is 4. The third-order valence-corrected chi connectivity index (χ3v) is 5.18. The maximum atomic E-state index is 12.1. The van der Waals surface area contributed by atoms with Crippen molar-refractivity contribution in [3.05, 3.63) is 81.8 Å². The number of anilines is 2. The van der Waals surface area contributed by atoms with Crippen molar-refractivity contribution in [3.8, 4) is 11.5 Å². The Kier molecular flexibility index (Phi) is 8.04. The van der Waals surface area contributed by atoms with Crippen LogP contribution in [-0.4, -0.2) is 19.1 Å². The SMILES string of the molecule is CCOc1ccc(NCc2ccc(OCC(=O)Nc3ccc(C)c(Cl)c3)c(Cl)c2)cc1.